The minimum atomic E-state index is -2.90. The maximum atomic E-state index is 11.4. The first-order valence-corrected chi connectivity index (χ1v) is 8.66. The zero-order valence-electron chi connectivity index (χ0n) is 11.0. The summed E-state index contributed by atoms with van der Waals surface area (Å²) in [5, 5.41) is 0. The van der Waals surface area contributed by atoms with Crippen LogP contribution in [-0.4, -0.2) is 33.9 Å². The predicted octanol–water partition coefficient (Wildman–Crippen LogP) is 2.97. The minimum Gasteiger partial charge on any atom is -0.473 e. The third kappa shape index (κ3) is 7.03. The van der Waals surface area contributed by atoms with Crippen LogP contribution in [0.3, 0.4) is 0 Å². The van der Waals surface area contributed by atoms with Gasteiger partial charge >= 0.3 is 8.80 Å². The first kappa shape index (κ1) is 16.9. The van der Waals surface area contributed by atoms with E-state index in [1.54, 1.807) is 6.92 Å². The Kier molecular flexibility index (Phi) is 9.82. The Morgan fingerprint density at radius 3 is 2.00 bits per heavy atom. The summed E-state index contributed by atoms with van der Waals surface area (Å²) in [6.45, 7) is 6.82. The van der Waals surface area contributed by atoms with Gasteiger partial charge in [-0.25, -0.2) is 0 Å². The Bertz CT molecular complexity index is 206. The van der Waals surface area contributed by atoms with Crippen LogP contribution in [-0.2, 0) is 18.1 Å². The average Bonchev–Trinajstić information content (AvgIpc) is 2.34. The van der Waals surface area contributed by atoms with Gasteiger partial charge in [0.05, 0.1) is 0 Å². The summed E-state index contributed by atoms with van der Waals surface area (Å²) in [4.78, 5) is 11.4. The highest BCUT2D eigenvalue weighted by molar-refractivity contribution is 6.63. The van der Waals surface area contributed by atoms with Crippen molar-refractivity contribution in [3.8, 4) is 0 Å². The molecule has 17 heavy (non-hydrogen) atoms. The molecule has 0 radical (unpaired) electrons. The molecule has 0 amide bonds. The third-order valence-corrected chi connectivity index (χ3v) is 5.21. The molecule has 102 valence electrons. The molecule has 0 aliphatic heterocycles. The topological polar surface area (TPSA) is 44.8 Å². The average molecular weight is 283 g/mol. The van der Waals surface area contributed by atoms with Crippen LogP contribution >= 0.6 is 11.6 Å². The smallest absolute Gasteiger partial charge is 0.473 e. The predicted molar refractivity (Wildman–Crippen MR) is 70.2 cm³/mol. The molecule has 4 nitrogen and oxygen atoms in total. The fourth-order valence-corrected chi connectivity index (χ4v) is 4.21. The van der Waals surface area contributed by atoms with Gasteiger partial charge in [-0.15, -0.1) is 11.6 Å². The highest BCUT2D eigenvalue weighted by atomic mass is 35.5. The van der Waals surface area contributed by atoms with Gasteiger partial charge < -0.3 is 13.3 Å². The van der Waals surface area contributed by atoms with Crippen molar-refractivity contribution in [1.29, 1.82) is 0 Å². The van der Waals surface area contributed by atoms with Crippen LogP contribution in [0.1, 0.15) is 40.0 Å². The molecule has 0 aromatic heterocycles. The minimum absolute atomic E-state index is 0.283. The molecule has 0 bridgehead atoms. The second-order valence-electron chi connectivity index (χ2n) is 3.65. The van der Waals surface area contributed by atoms with E-state index in [1.165, 1.54) is 0 Å². The first-order valence-electron chi connectivity index (χ1n) is 6.19. The summed E-state index contributed by atoms with van der Waals surface area (Å²) in [6, 6.07) is 0.473. The lowest BCUT2D eigenvalue weighted by Crippen LogP contribution is -2.48. The Morgan fingerprint density at radius 1 is 1.12 bits per heavy atom. The quantitative estimate of drug-likeness (QED) is 0.456. The van der Waals surface area contributed by atoms with Crippen molar-refractivity contribution in [2.45, 2.75) is 46.1 Å². The van der Waals surface area contributed by atoms with Gasteiger partial charge in [0.1, 0.15) is 0 Å². The molecule has 0 fully saturated rings. The molecule has 0 spiro atoms. The van der Waals surface area contributed by atoms with Gasteiger partial charge in [0, 0.05) is 31.6 Å². The first-order chi connectivity index (χ1) is 8.14. The molecule has 0 aliphatic carbocycles. The van der Waals surface area contributed by atoms with E-state index in [2.05, 4.69) is 0 Å². The molecule has 0 aliphatic rings. The van der Waals surface area contributed by atoms with Crippen LogP contribution in [0.15, 0.2) is 0 Å². The van der Waals surface area contributed by atoms with Gasteiger partial charge in [0.2, 0.25) is 0 Å². The van der Waals surface area contributed by atoms with Gasteiger partial charge in [0.25, 0.3) is 5.97 Å². The fraction of sp³-hybridized carbons (Fsp3) is 0.909. The summed E-state index contributed by atoms with van der Waals surface area (Å²) in [5.74, 6) is 0.0883. The normalized spacial score (nSPS) is 11.5. The van der Waals surface area contributed by atoms with E-state index in [9.17, 15) is 4.79 Å². The number of halogens is 1. The van der Waals surface area contributed by atoms with E-state index in [0.717, 1.165) is 12.8 Å². The van der Waals surface area contributed by atoms with Crippen LogP contribution in [0.4, 0.5) is 0 Å². The number of carbonyl (C=O) groups is 1. The summed E-state index contributed by atoms with van der Waals surface area (Å²) in [7, 11) is -2.90. The van der Waals surface area contributed by atoms with Crippen molar-refractivity contribution < 1.29 is 18.1 Å². The maximum Gasteiger partial charge on any atom is 0.569 e. The summed E-state index contributed by atoms with van der Waals surface area (Å²) < 4.78 is 16.8. The van der Waals surface area contributed by atoms with Crippen molar-refractivity contribution in [2.24, 2.45) is 0 Å². The molecule has 0 unspecified atom stereocenters. The molecule has 0 saturated heterocycles. The van der Waals surface area contributed by atoms with Crippen molar-refractivity contribution in [2.75, 3.05) is 19.1 Å². The van der Waals surface area contributed by atoms with Crippen LogP contribution in [0, 0.1) is 0 Å². The molecule has 0 rings (SSSR count). The van der Waals surface area contributed by atoms with Crippen LogP contribution in [0.2, 0.25) is 6.04 Å². The van der Waals surface area contributed by atoms with Crippen LogP contribution < -0.4 is 0 Å². The maximum absolute atomic E-state index is 11.4. The fourth-order valence-electron chi connectivity index (χ4n) is 1.17. The van der Waals surface area contributed by atoms with E-state index in [-0.39, 0.29) is 5.97 Å². The zero-order chi connectivity index (χ0) is 13.1. The standard InChI is InChI=1S/C11H23ClO4Si/c1-4-8-14-17(10-7-12,15-9-5-2)16-11(13)6-3/h4-10H2,1-3H3. The molecule has 0 saturated carbocycles. The third-order valence-electron chi connectivity index (χ3n) is 2.01. The summed E-state index contributed by atoms with van der Waals surface area (Å²) >= 11 is 5.75. The van der Waals surface area contributed by atoms with Crippen molar-refractivity contribution >= 4 is 26.4 Å². The van der Waals surface area contributed by atoms with E-state index >= 15 is 0 Å². The highest BCUT2D eigenvalue weighted by Crippen LogP contribution is 2.18. The molecule has 0 aromatic rings. The van der Waals surface area contributed by atoms with E-state index < -0.39 is 8.80 Å². The van der Waals surface area contributed by atoms with Crippen molar-refractivity contribution in [1.82, 2.24) is 0 Å². The number of hydrogen-bond acceptors (Lipinski definition) is 4. The summed E-state index contributed by atoms with van der Waals surface area (Å²) in [5.41, 5.74) is 0. The second-order valence-corrected chi connectivity index (χ2v) is 6.67. The van der Waals surface area contributed by atoms with Gasteiger partial charge in [-0.1, -0.05) is 20.8 Å². The second kappa shape index (κ2) is 9.88. The zero-order valence-corrected chi connectivity index (χ0v) is 12.7. The lowest BCUT2D eigenvalue weighted by atomic mass is 10.5. The number of alkyl halides is 1. The monoisotopic (exact) mass is 282 g/mol. The Morgan fingerprint density at radius 2 is 1.65 bits per heavy atom. The van der Waals surface area contributed by atoms with E-state index in [1.807, 2.05) is 13.8 Å². The van der Waals surface area contributed by atoms with Gasteiger partial charge in [0.15, 0.2) is 0 Å². The Hall–Kier alpha value is -0.103. The van der Waals surface area contributed by atoms with E-state index in [0.29, 0.717) is 31.6 Å². The Balaban J connectivity index is 4.60. The molecular formula is C11H23ClO4Si. The lowest BCUT2D eigenvalue weighted by molar-refractivity contribution is -0.139. The van der Waals surface area contributed by atoms with Crippen molar-refractivity contribution in [3.05, 3.63) is 0 Å². The van der Waals surface area contributed by atoms with Gasteiger partial charge in [-0.2, -0.15) is 0 Å². The Labute approximate surface area is 110 Å². The molecule has 6 heteroatoms. The number of carbonyl (C=O) groups excluding carboxylic acids is 1. The highest BCUT2D eigenvalue weighted by Gasteiger charge is 2.44. The van der Waals surface area contributed by atoms with Crippen molar-refractivity contribution in [3.63, 3.8) is 0 Å². The molecule has 0 aromatic carbocycles. The lowest BCUT2D eigenvalue weighted by Gasteiger charge is -2.28. The van der Waals surface area contributed by atoms with Crippen LogP contribution in [0.5, 0.6) is 0 Å². The molecular weight excluding hydrogens is 260 g/mol. The number of rotatable bonds is 10. The van der Waals surface area contributed by atoms with Gasteiger partial charge in [-0.3, -0.25) is 4.79 Å². The van der Waals surface area contributed by atoms with E-state index in [4.69, 9.17) is 24.9 Å². The number of hydrogen-bond donors (Lipinski definition) is 0. The molecule has 0 heterocycles. The summed E-state index contributed by atoms with van der Waals surface area (Å²) in [6.07, 6.45) is 2.04. The molecule has 0 atom stereocenters. The van der Waals surface area contributed by atoms with Gasteiger partial charge in [-0.05, 0) is 12.8 Å². The van der Waals surface area contributed by atoms with Crippen LogP contribution in [0.25, 0.3) is 0 Å². The molecule has 0 N–H and O–H groups in total. The SMILES string of the molecule is CCCO[Si](CCCl)(OCCC)OC(=O)CC. The largest absolute Gasteiger partial charge is 0.569 e.